The molecule has 114 valence electrons. The molecule has 0 saturated heterocycles. The lowest BCUT2D eigenvalue weighted by Crippen LogP contribution is -2.26. The smallest absolute Gasteiger partial charge is 0.173 e. The van der Waals surface area contributed by atoms with Crippen molar-refractivity contribution in [1.82, 2.24) is 25.5 Å². The van der Waals surface area contributed by atoms with E-state index in [-0.39, 0.29) is 6.04 Å². The molecule has 0 bridgehead atoms. The number of tetrazole rings is 1. The largest absolute Gasteiger partial charge is 0.307 e. The number of halogens is 2. The molecular formula is C14H19Br2N5. The Morgan fingerprint density at radius 1 is 1.19 bits per heavy atom. The third-order valence-corrected chi connectivity index (χ3v) is 4.30. The van der Waals surface area contributed by atoms with Crippen LogP contribution in [0.15, 0.2) is 21.1 Å². The molecular weight excluding hydrogens is 398 g/mol. The molecule has 1 atom stereocenters. The summed E-state index contributed by atoms with van der Waals surface area (Å²) in [5.41, 5.74) is 2.08. The van der Waals surface area contributed by atoms with Gasteiger partial charge in [0.2, 0.25) is 0 Å². The quantitative estimate of drug-likeness (QED) is 0.805. The van der Waals surface area contributed by atoms with Gasteiger partial charge in [0.15, 0.2) is 5.82 Å². The summed E-state index contributed by atoms with van der Waals surface area (Å²) >= 11 is 7.20. The Labute approximate surface area is 141 Å². The van der Waals surface area contributed by atoms with E-state index in [1.54, 1.807) is 4.68 Å². The van der Waals surface area contributed by atoms with Gasteiger partial charge in [0.25, 0.3) is 0 Å². The molecule has 1 unspecified atom stereocenters. The van der Waals surface area contributed by atoms with Crippen LogP contribution in [-0.4, -0.2) is 26.8 Å². The Balaban J connectivity index is 2.37. The monoisotopic (exact) mass is 415 g/mol. The van der Waals surface area contributed by atoms with Gasteiger partial charge >= 0.3 is 0 Å². The van der Waals surface area contributed by atoms with Crippen LogP contribution in [0.2, 0.25) is 0 Å². The zero-order valence-corrected chi connectivity index (χ0v) is 15.7. The lowest BCUT2D eigenvalue weighted by atomic mass is 10.2. The third-order valence-electron chi connectivity index (χ3n) is 3.09. The Morgan fingerprint density at radius 2 is 1.81 bits per heavy atom. The second-order valence-corrected chi connectivity index (χ2v) is 7.26. The van der Waals surface area contributed by atoms with Crippen LogP contribution in [0, 0.1) is 12.8 Å². The van der Waals surface area contributed by atoms with E-state index in [1.807, 2.05) is 6.92 Å². The van der Waals surface area contributed by atoms with E-state index in [0.717, 1.165) is 32.6 Å². The Bertz CT molecular complexity index is 601. The zero-order valence-electron chi connectivity index (χ0n) is 12.6. The molecule has 1 aromatic heterocycles. The van der Waals surface area contributed by atoms with Crippen LogP contribution >= 0.6 is 31.9 Å². The minimum atomic E-state index is 0.0718. The number of hydrogen-bond acceptors (Lipinski definition) is 4. The summed E-state index contributed by atoms with van der Waals surface area (Å²) in [7, 11) is 0. The molecule has 7 heteroatoms. The first-order valence-electron chi connectivity index (χ1n) is 6.87. The molecule has 0 fully saturated rings. The molecule has 0 radical (unpaired) electrons. The summed E-state index contributed by atoms with van der Waals surface area (Å²) < 4.78 is 3.68. The lowest BCUT2D eigenvalue weighted by molar-refractivity contribution is 0.474. The molecule has 0 aliphatic carbocycles. The van der Waals surface area contributed by atoms with Crippen LogP contribution in [-0.2, 0) is 0 Å². The van der Waals surface area contributed by atoms with Crippen LogP contribution in [0.3, 0.4) is 0 Å². The van der Waals surface area contributed by atoms with Crippen molar-refractivity contribution in [3.05, 3.63) is 32.5 Å². The summed E-state index contributed by atoms with van der Waals surface area (Å²) in [6, 6.07) is 4.18. The second-order valence-electron chi connectivity index (χ2n) is 5.55. The Morgan fingerprint density at radius 3 is 2.38 bits per heavy atom. The summed E-state index contributed by atoms with van der Waals surface area (Å²) in [5.74, 6) is 1.37. The first kappa shape index (κ1) is 16.6. The number of nitrogens with one attached hydrogen (secondary N) is 1. The molecule has 1 heterocycles. The molecule has 0 spiro atoms. The van der Waals surface area contributed by atoms with Crippen molar-refractivity contribution in [2.75, 3.05) is 6.54 Å². The first-order chi connectivity index (χ1) is 9.90. The van der Waals surface area contributed by atoms with E-state index in [4.69, 9.17) is 0 Å². The third kappa shape index (κ3) is 3.90. The van der Waals surface area contributed by atoms with Crippen LogP contribution in [0.5, 0.6) is 0 Å². The highest BCUT2D eigenvalue weighted by Gasteiger charge is 2.19. The van der Waals surface area contributed by atoms with Crippen LogP contribution < -0.4 is 5.32 Å². The molecule has 1 N–H and O–H groups in total. The van der Waals surface area contributed by atoms with Gasteiger partial charge in [0.1, 0.15) is 0 Å². The number of benzene rings is 1. The van der Waals surface area contributed by atoms with Crippen molar-refractivity contribution in [3.8, 4) is 5.69 Å². The predicted molar refractivity (Wildman–Crippen MR) is 90.5 cm³/mol. The van der Waals surface area contributed by atoms with Gasteiger partial charge in [-0.1, -0.05) is 13.8 Å². The van der Waals surface area contributed by atoms with Gasteiger partial charge in [-0.2, -0.15) is 4.68 Å². The molecule has 5 nitrogen and oxygen atoms in total. The highest BCUT2D eigenvalue weighted by molar-refractivity contribution is 9.11. The first-order valence-corrected chi connectivity index (χ1v) is 8.46. The molecule has 0 amide bonds. The van der Waals surface area contributed by atoms with E-state index in [0.29, 0.717) is 5.92 Å². The van der Waals surface area contributed by atoms with Gasteiger partial charge in [-0.3, -0.25) is 0 Å². The van der Waals surface area contributed by atoms with E-state index in [2.05, 4.69) is 85.6 Å². The molecule has 0 saturated carbocycles. The molecule has 0 aliphatic rings. The Kier molecular flexibility index (Phi) is 5.51. The van der Waals surface area contributed by atoms with Crippen molar-refractivity contribution >= 4 is 31.9 Å². The van der Waals surface area contributed by atoms with Crippen molar-refractivity contribution in [1.29, 1.82) is 0 Å². The highest BCUT2D eigenvalue weighted by Crippen LogP contribution is 2.31. The molecule has 1 aromatic carbocycles. The molecule has 21 heavy (non-hydrogen) atoms. The fourth-order valence-electron chi connectivity index (χ4n) is 2.02. The Hall–Kier alpha value is -0.790. The van der Waals surface area contributed by atoms with Crippen molar-refractivity contribution in [3.63, 3.8) is 0 Å². The fourth-order valence-corrected chi connectivity index (χ4v) is 3.77. The summed E-state index contributed by atoms with van der Waals surface area (Å²) in [5, 5.41) is 15.6. The lowest BCUT2D eigenvalue weighted by Gasteiger charge is -2.16. The van der Waals surface area contributed by atoms with Crippen LogP contribution in [0.25, 0.3) is 5.69 Å². The van der Waals surface area contributed by atoms with Gasteiger partial charge in [-0.05, 0) is 86.3 Å². The predicted octanol–water partition coefficient (Wildman–Crippen LogP) is 3.80. The van der Waals surface area contributed by atoms with Gasteiger partial charge in [-0.15, -0.1) is 5.10 Å². The maximum Gasteiger partial charge on any atom is 0.173 e. The highest BCUT2D eigenvalue weighted by atomic mass is 79.9. The van der Waals surface area contributed by atoms with Crippen molar-refractivity contribution in [2.24, 2.45) is 5.92 Å². The van der Waals surface area contributed by atoms with Crippen molar-refractivity contribution < 1.29 is 0 Å². The standard InChI is InChI=1S/C14H19Br2N5/c1-8(2)7-17-10(4)14-18-19-20-21(14)13-11(15)5-9(3)6-12(13)16/h5-6,8,10,17H,7H2,1-4H3. The van der Waals surface area contributed by atoms with Gasteiger partial charge in [-0.25, -0.2) is 0 Å². The number of nitrogens with zero attached hydrogens (tertiary/aromatic N) is 4. The average Bonchev–Trinajstić information content (AvgIpc) is 2.83. The molecule has 0 aliphatic heterocycles. The zero-order chi connectivity index (χ0) is 15.6. The van der Waals surface area contributed by atoms with E-state index < -0.39 is 0 Å². The van der Waals surface area contributed by atoms with Gasteiger partial charge in [0.05, 0.1) is 11.7 Å². The normalized spacial score (nSPS) is 12.9. The summed E-state index contributed by atoms with van der Waals surface area (Å²) in [6.07, 6.45) is 0. The van der Waals surface area contributed by atoms with E-state index >= 15 is 0 Å². The minimum absolute atomic E-state index is 0.0718. The topological polar surface area (TPSA) is 55.6 Å². The maximum absolute atomic E-state index is 4.17. The van der Waals surface area contributed by atoms with Crippen LogP contribution in [0.4, 0.5) is 0 Å². The maximum atomic E-state index is 4.17. The number of rotatable bonds is 5. The number of aromatic nitrogens is 4. The summed E-state index contributed by atoms with van der Waals surface area (Å²) in [4.78, 5) is 0. The molecule has 2 rings (SSSR count). The minimum Gasteiger partial charge on any atom is -0.307 e. The molecule has 2 aromatic rings. The van der Waals surface area contributed by atoms with Crippen LogP contribution in [0.1, 0.15) is 38.2 Å². The van der Waals surface area contributed by atoms with Gasteiger partial charge in [0, 0.05) is 8.95 Å². The average molecular weight is 417 g/mol. The SMILES string of the molecule is Cc1cc(Br)c(-n2nnnc2C(C)NCC(C)C)c(Br)c1. The van der Waals surface area contributed by atoms with Crippen molar-refractivity contribution in [2.45, 2.75) is 33.7 Å². The van der Waals surface area contributed by atoms with E-state index in [9.17, 15) is 0 Å². The summed E-state index contributed by atoms with van der Waals surface area (Å²) in [6.45, 7) is 9.39. The number of aryl methyl sites for hydroxylation is 1. The van der Waals surface area contributed by atoms with Gasteiger partial charge < -0.3 is 5.32 Å². The number of hydrogen-bond donors (Lipinski definition) is 1. The fraction of sp³-hybridized carbons (Fsp3) is 0.500. The second kappa shape index (κ2) is 6.98. The van der Waals surface area contributed by atoms with E-state index in [1.165, 1.54) is 0 Å².